The van der Waals surface area contributed by atoms with E-state index in [0.29, 0.717) is 5.56 Å². The summed E-state index contributed by atoms with van der Waals surface area (Å²) in [7, 11) is 0. The van der Waals surface area contributed by atoms with Crippen LogP contribution in [0.4, 0.5) is 4.39 Å². The fourth-order valence-corrected chi connectivity index (χ4v) is 2.93. The maximum absolute atomic E-state index is 13.7. The Morgan fingerprint density at radius 3 is 3.00 bits per heavy atom. The summed E-state index contributed by atoms with van der Waals surface area (Å²) >= 11 is 0. The third-order valence-electron chi connectivity index (χ3n) is 4.03. The van der Waals surface area contributed by atoms with E-state index in [-0.39, 0.29) is 24.2 Å². The molecule has 1 aliphatic rings. The minimum atomic E-state index is -0.317. The van der Waals surface area contributed by atoms with E-state index in [1.807, 2.05) is 11.1 Å². The molecule has 1 atom stereocenters. The fourth-order valence-electron chi connectivity index (χ4n) is 2.93. The molecule has 2 heterocycles. The largest absolute Gasteiger partial charge is 0.335 e. The van der Waals surface area contributed by atoms with Crippen LogP contribution in [0.25, 0.3) is 0 Å². The molecule has 0 spiro atoms. The molecular formula is C16H18FN3O. The lowest BCUT2D eigenvalue weighted by atomic mass is 9.96. The van der Waals surface area contributed by atoms with Gasteiger partial charge in [0.25, 0.3) is 0 Å². The van der Waals surface area contributed by atoms with Gasteiger partial charge in [-0.05, 0) is 30.9 Å². The highest BCUT2D eigenvalue weighted by atomic mass is 19.1. The molecule has 1 aromatic heterocycles. The van der Waals surface area contributed by atoms with E-state index in [1.54, 1.807) is 24.4 Å². The molecule has 2 aromatic rings. The van der Waals surface area contributed by atoms with Gasteiger partial charge in [0.1, 0.15) is 5.82 Å². The van der Waals surface area contributed by atoms with Crippen molar-refractivity contribution in [1.29, 1.82) is 0 Å². The van der Waals surface area contributed by atoms with E-state index >= 15 is 0 Å². The lowest BCUT2D eigenvalue weighted by Crippen LogP contribution is -2.39. The number of hydrogen-bond donors (Lipinski definition) is 1. The Balaban J connectivity index is 1.77. The van der Waals surface area contributed by atoms with Crippen LogP contribution >= 0.6 is 0 Å². The van der Waals surface area contributed by atoms with Crippen LogP contribution in [0.5, 0.6) is 0 Å². The van der Waals surface area contributed by atoms with Crippen LogP contribution in [0.15, 0.2) is 36.7 Å². The van der Waals surface area contributed by atoms with E-state index in [1.165, 1.54) is 6.07 Å². The second kappa shape index (κ2) is 6.08. The number of nitrogens with zero attached hydrogens (tertiary/aromatic N) is 2. The minimum Gasteiger partial charge on any atom is -0.335 e. The zero-order valence-electron chi connectivity index (χ0n) is 11.8. The molecule has 21 heavy (non-hydrogen) atoms. The monoisotopic (exact) mass is 287 g/mol. The normalized spacial score (nSPS) is 18.7. The van der Waals surface area contributed by atoms with Gasteiger partial charge in [-0.25, -0.2) is 4.39 Å². The molecule has 1 N–H and O–H groups in total. The van der Waals surface area contributed by atoms with Crippen LogP contribution in [-0.4, -0.2) is 27.5 Å². The van der Waals surface area contributed by atoms with Crippen LogP contribution in [0, 0.1) is 5.82 Å². The van der Waals surface area contributed by atoms with Crippen LogP contribution in [0.3, 0.4) is 0 Å². The standard InChI is InChI=1S/C16H18FN3O/c17-14-6-2-1-5-12(14)9-16(21)20-8-4-3-7-15(20)13-10-18-19-11-13/h1-2,5-6,10-11,15H,3-4,7-9H2,(H,18,19). The van der Waals surface area contributed by atoms with Gasteiger partial charge >= 0.3 is 0 Å². The van der Waals surface area contributed by atoms with Crippen LogP contribution in [0.1, 0.15) is 36.4 Å². The van der Waals surface area contributed by atoms with E-state index in [0.717, 1.165) is 31.4 Å². The first-order valence-electron chi connectivity index (χ1n) is 7.27. The highest BCUT2D eigenvalue weighted by Crippen LogP contribution is 2.30. The molecule has 1 saturated heterocycles. The number of aromatic nitrogens is 2. The van der Waals surface area contributed by atoms with Gasteiger partial charge in [0.2, 0.25) is 5.91 Å². The number of nitrogens with one attached hydrogen (secondary N) is 1. The van der Waals surface area contributed by atoms with Crippen molar-refractivity contribution >= 4 is 5.91 Å². The molecule has 1 unspecified atom stereocenters. The number of carbonyl (C=O) groups excluding carboxylic acids is 1. The first-order valence-corrected chi connectivity index (χ1v) is 7.27. The van der Waals surface area contributed by atoms with Gasteiger partial charge in [-0.2, -0.15) is 5.10 Å². The Bertz CT molecular complexity index is 612. The summed E-state index contributed by atoms with van der Waals surface area (Å²) in [5.74, 6) is -0.339. The maximum atomic E-state index is 13.7. The molecule has 1 aromatic carbocycles. The number of likely N-dealkylation sites (tertiary alicyclic amines) is 1. The van der Waals surface area contributed by atoms with Crippen molar-refractivity contribution in [2.75, 3.05) is 6.54 Å². The van der Waals surface area contributed by atoms with E-state index in [9.17, 15) is 9.18 Å². The number of H-pyrrole nitrogens is 1. The predicted octanol–water partition coefficient (Wildman–Crippen LogP) is 2.85. The predicted molar refractivity (Wildman–Crippen MR) is 77.0 cm³/mol. The molecule has 0 radical (unpaired) electrons. The topological polar surface area (TPSA) is 49.0 Å². The minimum absolute atomic E-state index is 0.0222. The lowest BCUT2D eigenvalue weighted by Gasteiger charge is -2.35. The molecule has 110 valence electrons. The Kier molecular flexibility index (Phi) is 3.99. The summed E-state index contributed by atoms with van der Waals surface area (Å²) < 4.78 is 13.7. The van der Waals surface area contributed by atoms with Gasteiger partial charge in [0, 0.05) is 18.3 Å². The second-order valence-electron chi connectivity index (χ2n) is 5.40. The zero-order valence-corrected chi connectivity index (χ0v) is 11.8. The first kappa shape index (κ1) is 13.8. The number of carbonyl (C=O) groups is 1. The zero-order chi connectivity index (χ0) is 14.7. The Labute approximate surface area is 123 Å². The Morgan fingerprint density at radius 2 is 2.24 bits per heavy atom. The average Bonchev–Trinajstić information content (AvgIpc) is 3.04. The van der Waals surface area contributed by atoms with Crippen molar-refractivity contribution in [3.05, 3.63) is 53.6 Å². The van der Waals surface area contributed by atoms with E-state index < -0.39 is 0 Å². The number of hydrogen-bond acceptors (Lipinski definition) is 2. The van der Waals surface area contributed by atoms with Crippen molar-refractivity contribution in [3.8, 4) is 0 Å². The summed E-state index contributed by atoms with van der Waals surface area (Å²) in [6, 6.07) is 6.52. The third-order valence-corrected chi connectivity index (χ3v) is 4.03. The molecule has 5 heteroatoms. The van der Waals surface area contributed by atoms with Crippen LogP contribution in [0.2, 0.25) is 0 Å². The summed E-state index contributed by atoms with van der Waals surface area (Å²) in [5, 5.41) is 6.76. The number of piperidine rings is 1. The highest BCUT2D eigenvalue weighted by Gasteiger charge is 2.28. The molecule has 4 nitrogen and oxygen atoms in total. The van der Waals surface area contributed by atoms with Crippen molar-refractivity contribution in [3.63, 3.8) is 0 Å². The van der Waals surface area contributed by atoms with Gasteiger partial charge in [0.15, 0.2) is 0 Å². The fraction of sp³-hybridized carbons (Fsp3) is 0.375. The highest BCUT2D eigenvalue weighted by molar-refractivity contribution is 5.79. The van der Waals surface area contributed by atoms with Gasteiger partial charge in [-0.1, -0.05) is 18.2 Å². The van der Waals surface area contributed by atoms with Crippen molar-refractivity contribution in [2.45, 2.75) is 31.7 Å². The lowest BCUT2D eigenvalue weighted by molar-refractivity contribution is -0.134. The number of benzene rings is 1. The molecular weight excluding hydrogens is 269 g/mol. The quantitative estimate of drug-likeness (QED) is 0.943. The first-order chi connectivity index (χ1) is 10.3. The van der Waals surface area contributed by atoms with Gasteiger partial charge < -0.3 is 4.90 Å². The summed E-state index contributed by atoms with van der Waals surface area (Å²) in [5.41, 5.74) is 1.48. The number of aromatic amines is 1. The summed E-state index contributed by atoms with van der Waals surface area (Å²) in [4.78, 5) is 14.4. The maximum Gasteiger partial charge on any atom is 0.227 e. The number of halogens is 1. The smallest absolute Gasteiger partial charge is 0.227 e. The van der Waals surface area contributed by atoms with E-state index in [4.69, 9.17) is 0 Å². The number of amides is 1. The molecule has 0 bridgehead atoms. The van der Waals surface area contributed by atoms with Gasteiger partial charge in [-0.3, -0.25) is 9.89 Å². The van der Waals surface area contributed by atoms with Gasteiger partial charge in [0.05, 0.1) is 18.7 Å². The SMILES string of the molecule is O=C(Cc1ccccc1F)N1CCCCC1c1cn[nH]c1. The summed E-state index contributed by atoms with van der Waals surface area (Å²) in [6.07, 6.45) is 6.74. The van der Waals surface area contributed by atoms with Crippen LogP contribution < -0.4 is 0 Å². The van der Waals surface area contributed by atoms with Crippen LogP contribution in [-0.2, 0) is 11.2 Å². The molecule has 3 rings (SSSR count). The van der Waals surface area contributed by atoms with Crippen molar-refractivity contribution in [1.82, 2.24) is 15.1 Å². The number of rotatable bonds is 3. The molecule has 0 saturated carbocycles. The van der Waals surface area contributed by atoms with E-state index in [2.05, 4.69) is 10.2 Å². The molecule has 1 aliphatic heterocycles. The Morgan fingerprint density at radius 1 is 1.38 bits per heavy atom. The Hall–Kier alpha value is -2.17. The van der Waals surface area contributed by atoms with Gasteiger partial charge in [-0.15, -0.1) is 0 Å². The molecule has 1 amide bonds. The van der Waals surface area contributed by atoms with Crippen molar-refractivity contribution < 1.29 is 9.18 Å². The summed E-state index contributed by atoms with van der Waals surface area (Å²) in [6.45, 7) is 0.725. The molecule has 1 fully saturated rings. The van der Waals surface area contributed by atoms with Crippen molar-refractivity contribution in [2.24, 2.45) is 0 Å². The third kappa shape index (κ3) is 2.96. The second-order valence-corrected chi connectivity index (χ2v) is 5.40. The molecule has 0 aliphatic carbocycles. The average molecular weight is 287 g/mol.